The molecule has 0 saturated heterocycles. The number of benzene rings is 1. The van der Waals surface area contributed by atoms with E-state index in [2.05, 4.69) is 19.0 Å². The maximum atomic E-state index is 6.17. The minimum atomic E-state index is 0.472. The van der Waals surface area contributed by atoms with Gasteiger partial charge in [0.2, 0.25) is 0 Å². The van der Waals surface area contributed by atoms with E-state index >= 15 is 0 Å². The summed E-state index contributed by atoms with van der Waals surface area (Å²) in [5.41, 5.74) is 8.64. The predicted molar refractivity (Wildman–Crippen MR) is 74.4 cm³/mol. The van der Waals surface area contributed by atoms with Gasteiger partial charge in [0.15, 0.2) is 0 Å². The Hall–Kier alpha value is -1.92. The van der Waals surface area contributed by atoms with E-state index in [4.69, 9.17) is 17.3 Å². The van der Waals surface area contributed by atoms with Crippen LogP contribution in [0.4, 0.5) is 17.2 Å². The summed E-state index contributed by atoms with van der Waals surface area (Å²) in [6.07, 6.45) is 1.64. The Labute approximate surface area is 112 Å². The molecule has 3 aromatic rings. The molecule has 0 aliphatic rings. The van der Waals surface area contributed by atoms with Crippen LogP contribution in [0, 0.1) is 0 Å². The van der Waals surface area contributed by atoms with Gasteiger partial charge < -0.3 is 11.1 Å². The molecule has 90 valence electrons. The molecule has 3 N–H and O–H groups in total. The molecule has 2 heterocycles. The third-order valence-corrected chi connectivity index (χ3v) is 3.29. The second-order valence-corrected chi connectivity index (χ2v) is 4.59. The summed E-state index contributed by atoms with van der Waals surface area (Å²) in [6, 6.07) is 7.18. The number of halogens is 1. The lowest BCUT2D eigenvalue weighted by Crippen LogP contribution is -1.95. The molecule has 0 aliphatic carbocycles. The fourth-order valence-electron chi connectivity index (χ4n) is 1.57. The van der Waals surface area contributed by atoms with E-state index in [1.165, 1.54) is 0 Å². The van der Waals surface area contributed by atoms with Gasteiger partial charge in [-0.3, -0.25) is 0 Å². The highest BCUT2D eigenvalue weighted by molar-refractivity contribution is 7.00. The van der Waals surface area contributed by atoms with Gasteiger partial charge in [-0.2, -0.15) is 8.75 Å². The van der Waals surface area contributed by atoms with E-state index in [9.17, 15) is 0 Å². The number of nitrogens with two attached hydrogens (primary N) is 1. The number of nitrogens with zero attached hydrogens (tertiary/aromatic N) is 3. The first-order valence-corrected chi connectivity index (χ1v) is 6.24. The van der Waals surface area contributed by atoms with Crippen molar-refractivity contribution in [2.24, 2.45) is 0 Å². The predicted octanol–water partition coefficient (Wildman–Crippen LogP) is 3.07. The van der Waals surface area contributed by atoms with Crippen molar-refractivity contribution in [2.45, 2.75) is 0 Å². The average molecular weight is 278 g/mol. The molecule has 0 saturated carbocycles. The Morgan fingerprint density at radius 2 is 2.06 bits per heavy atom. The lowest BCUT2D eigenvalue weighted by Gasteiger charge is -2.08. The molecule has 0 radical (unpaired) electrons. The molecule has 18 heavy (non-hydrogen) atoms. The highest BCUT2D eigenvalue weighted by Crippen LogP contribution is 2.32. The van der Waals surface area contributed by atoms with Crippen LogP contribution in [-0.2, 0) is 0 Å². The minimum Gasteiger partial charge on any atom is -0.384 e. The largest absolute Gasteiger partial charge is 0.384 e. The smallest absolute Gasteiger partial charge is 0.129 e. The van der Waals surface area contributed by atoms with E-state index in [-0.39, 0.29) is 0 Å². The number of anilines is 3. The zero-order chi connectivity index (χ0) is 12.5. The van der Waals surface area contributed by atoms with Crippen molar-refractivity contribution in [2.75, 3.05) is 11.1 Å². The van der Waals surface area contributed by atoms with E-state index < -0.39 is 0 Å². The van der Waals surface area contributed by atoms with Crippen LogP contribution < -0.4 is 11.1 Å². The molecule has 0 unspecified atom stereocenters. The summed E-state index contributed by atoms with van der Waals surface area (Å²) in [5.74, 6) is 0.472. The van der Waals surface area contributed by atoms with Crippen molar-refractivity contribution in [1.82, 2.24) is 13.7 Å². The summed E-state index contributed by atoms with van der Waals surface area (Å²) in [4.78, 5) is 4.01. The van der Waals surface area contributed by atoms with Crippen molar-refractivity contribution in [3.63, 3.8) is 0 Å². The number of fused-ring (bicyclic) bond motifs is 1. The Morgan fingerprint density at radius 3 is 2.83 bits per heavy atom. The number of pyridine rings is 1. The number of nitrogens with one attached hydrogen (secondary N) is 1. The Kier molecular flexibility index (Phi) is 2.73. The van der Waals surface area contributed by atoms with E-state index in [0.717, 1.165) is 34.1 Å². The number of hydrogen-bond donors (Lipinski definition) is 2. The zero-order valence-electron chi connectivity index (χ0n) is 9.09. The second-order valence-electron chi connectivity index (χ2n) is 3.65. The third-order valence-electron chi connectivity index (χ3n) is 2.43. The van der Waals surface area contributed by atoms with E-state index in [1.54, 1.807) is 18.3 Å². The van der Waals surface area contributed by atoms with Crippen molar-refractivity contribution in [3.8, 4) is 0 Å². The van der Waals surface area contributed by atoms with Gasteiger partial charge in [0.1, 0.15) is 16.9 Å². The number of nitrogen functional groups attached to an aromatic ring is 1. The second kappa shape index (κ2) is 4.40. The van der Waals surface area contributed by atoms with Crippen molar-refractivity contribution < 1.29 is 0 Å². The van der Waals surface area contributed by atoms with Gasteiger partial charge in [0.25, 0.3) is 0 Å². The molecule has 0 fully saturated rings. The van der Waals surface area contributed by atoms with Crippen molar-refractivity contribution in [3.05, 3.63) is 35.5 Å². The Balaban J connectivity index is 2.06. The molecule has 0 aliphatic heterocycles. The monoisotopic (exact) mass is 277 g/mol. The standard InChI is InChI=1S/C11H8ClN5S/c12-7-2-3-8-11(17-18-16-8)10(7)15-6-1-4-9(13)14-5-6/h1-5,15H,(H2,13,14). The Bertz CT molecular complexity index is 694. The summed E-state index contributed by atoms with van der Waals surface area (Å²) in [5, 5.41) is 3.77. The topological polar surface area (TPSA) is 76.7 Å². The maximum Gasteiger partial charge on any atom is 0.129 e. The van der Waals surface area contributed by atoms with Crippen LogP contribution in [0.1, 0.15) is 0 Å². The number of hydrogen-bond acceptors (Lipinski definition) is 6. The van der Waals surface area contributed by atoms with Crippen molar-refractivity contribution >= 4 is 51.6 Å². The van der Waals surface area contributed by atoms with Crippen LogP contribution in [-0.4, -0.2) is 13.7 Å². The quantitative estimate of drug-likeness (QED) is 0.753. The van der Waals surface area contributed by atoms with Crippen LogP contribution in [0.15, 0.2) is 30.5 Å². The normalized spacial score (nSPS) is 10.7. The number of aromatic nitrogens is 3. The third kappa shape index (κ3) is 1.96. The summed E-state index contributed by atoms with van der Waals surface area (Å²) in [7, 11) is 0. The molecular weight excluding hydrogens is 270 g/mol. The summed E-state index contributed by atoms with van der Waals surface area (Å²) in [6.45, 7) is 0. The first-order chi connectivity index (χ1) is 8.74. The summed E-state index contributed by atoms with van der Waals surface area (Å²) >= 11 is 7.33. The van der Waals surface area contributed by atoms with Crippen LogP contribution in [0.3, 0.4) is 0 Å². The molecule has 0 atom stereocenters. The Morgan fingerprint density at radius 1 is 1.17 bits per heavy atom. The SMILES string of the molecule is Nc1ccc(Nc2c(Cl)ccc3nsnc23)cn1. The molecule has 0 amide bonds. The fraction of sp³-hybridized carbons (Fsp3) is 0. The van der Waals surface area contributed by atoms with E-state index in [1.807, 2.05) is 12.1 Å². The van der Waals surface area contributed by atoms with Gasteiger partial charge in [-0.05, 0) is 24.3 Å². The van der Waals surface area contributed by atoms with Crippen LogP contribution >= 0.6 is 23.3 Å². The van der Waals surface area contributed by atoms with Crippen molar-refractivity contribution in [1.29, 1.82) is 0 Å². The highest BCUT2D eigenvalue weighted by atomic mass is 35.5. The van der Waals surface area contributed by atoms with Gasteiger partial charge in [-0.15, -0.1) is 0 Å². The molecular formula is C11H8ClN5S. The van der Waals surface area contributed by atoms with Crippen LogP contribution in [0.5, 0.6) is 0 Å². The fourth-order valence-corrected chi connectivity index (χ4v) is 2.31. The van der Waals surface area contributed by atoms with Crippen LogP contribution in [0.2, 0.25) is 5.02 Å². The summed E-state index contributed by atoms with van der Waals surface area (Å²) < 4.78 is 8.40. The minimum absolute atomic E-state index is 0.472. The molecule has 1 aromatic carbocycles. The van der Waals surface area contributed by atoms with Gasteiger partial charge in [-0.1, -0.05) is 11.6 Å². The lowest BCUT2D eigenvalue weighted by atomic mass is 10.2. The van der Waals surface area contributed by atoms with Gasteiger partial charge >= 0.3 is 0 Å². The lowest BCUT2D eigenvalue weighted by molar-refractivity contribution is 1.33. The average Bonchev–Trinajstić information content (AvgIpc) is 2.84. The molecule has 7 heteroatoms. The first kappa shape index (κ1) is 11.2. The van der Waals surface area contributed by atoms with Crippen LogP contribution in [0.25, 0.3) is 11.0 Å². The van der Waals surface area contributed by atoms with Gasteiger partial charge in [0, 0.05) is 0 Å². The zero-order valence-corrected chi connectivity index (χ0v) is 10.7. The van der Waals surface area contributed by atoms with Gasteiger partial charge in [0.05, 0.1) is 34.3 Å². The maximum absolute atomic E-state index is 6.17. The molecule has 3 rings (SSSR count). The molecule has 5 nitrogen and oxygen atoms in total. The molecule has 2 aromatic heterocycles. The first-order valence-electron chi connectivity index (χ1n) is 5.13. The molecule has 0 bridgehead atoms. The highest BCUT2D eigenvalue weighted by Gasteiger charge is 2.10. The van der Waals surface area contributed by atoms with E-state index in [0.29, 0.717) is 10.8 Å². The molecule has 0 spiro atoms. The van der Waals surface area contributed by atoms with Gasteiger partial charge in [-0.25, -0.2) is 4.98 Å². The number of rotatable bonds is 2.